The second-order valence-corrected chi connectivity index (χ2v) is 8.37. The van der Waals surface area contributed by atoms with E-state index in [1.165, 1.54) is 12.4 Å². The zero-order valence-electron chi connectivity index (χ0n) is 21.9. The third-order valence-corrected chi connectivity index (χ3v) is 5.05. The fraction of sp³-hybridized carbons (Fsp3) is 0.357. The van der Waals surface area contributed by atoms with Crippen molar-refractivity contribution in [1.29, 1.82) is 10.5 Å². The lowest BCUT2D eigenvalue weighted by Gasteiger charge is -2.16. The van der Waals surface area contributed by atoms with E-state index in [0.29, 0.717) is 35.8 Å². The van der Waals surface area contributed by atoms with Crippen LogP contribution in [0.2, 0.25) is 0 Å². The van der Waals surface area contributed by atoms with Crippen LogP contribution in [-0.2, 0) is 0 Å². The Morgan fingerprint density at radius 3 is 1.44 bits per heavy atom. The number of anilines is 2. The van der Waals surface area contributed by atoms with Crippen LogP contribution in [0.3, 0.4) is 0 Å². The molecule has 2 aromatic carbocycles. The second kappa shape index (κ2) is 14.2. The van der Waals surface area contributed by atoms with Crippen molar-refractivity contribution < 1.29 is 9.47 Å². The van der Waals surface area contributed by atoms with Gasteiger partial charge in [0.2, 0.25) is 0 Å². The number of nitriles is 2. The third-order valence-electron chi connectivity index (χ3n) is 5.05. The number of allylic oxidation sites excluding steroid dienone is 2. The molecule has 0 unspecified atom stereocenters. The Balaban J connectivity index is 2.42. The number of ether oxygens (including phenoxy) is 2. The number of benzene rings is 2. The van der Waals surface area contributed by atoms with Crippen LogP contribution in [0.1, 0.15) is 37.8 Å². The van der Waals surface area contributed by atoms with E-state index in [1.807, 2.05) is 100 Å². The van der Waals surface area contributed by atoms with E-state index < -0.39 is 0 Å². The summed E-state index contributed by atoms with van der Waals surface area (Å²) in [6.07, 6.45) is 4.77. The normalized spacial score (nSPS) is 11.7. The molecule has 8 nitrogen and oxygen atoms in total. The van der Waals surface area contributed by atoms with Crippen LogP contribution >= 0.6 is 0 Å². The molecule has 0 saturated heterocycles. The quantitative estimate of drug-likeness (QED) is 0.302. The lowest BCUT2D eigenvalue weighted by atomic mass is 10.2. The van der Waals surface area contributed by atoms with Gasteiger partial charge in [-0.15, -0.1) is 0 Å². The van der Waals surface area contributed by atoms with Crippen molar-refractivity contribution in [3.8, 4) is 23.6 Å². The van der Waals surface area contributed by atoms with Gasteiger partial charge in [-0.2, -0.15) is 10.5 Å². The Labute approximate surface area is 214 Å². The summed E-state index contributed by atoms with van der Waals surface area (Å²) in [5.41, 5.74) is 3.20. The second-order valence-electron chi connectivity index (χ2n) is 8.37. The Kier molecular flexibility index (Phi) is 11.0. The van der Waals surface area contributed by atoms with E-state index in [1.54, 1.807) is 0 Å². The van der Waals surface area contributed by atoms with Gasteiger partial charge in [-0.1, -0.05) is 13.8 Å². The molecule has 0 amide bonds. The minimum atomic E-state index is -0.0900. The number of aliphatic imine (C=N–C) groups is 2. The molecule has 0 heterocycles. The van der Waals surface area contributed by atoms with Crippen molar-refractivity contribution >= 4 is 23.8 Å². The van der Waals surface area contributed by atoms with E-state index in [9.17, 15) is 10.5 Å². The third kappa shape index (κ3) is 7.89. The van der Waals surface area contributed by atoms with Gasteiger partial charge in [0, 0.05) is 75.3 Å². The predicted molar refractivity (Wildman–Crippen MR) is 147 cm³/mol. The molecule has 0 bridgehead atoms. The predicted octanol–water partition coefficient (Wildman–Crippen LogP) is 5.19. The van der Waals surface area contributed by atoms with Crippen molar-refractivity contribution in [2.24, 2.45) is 9.98 Å². The Morgan fingerprint density at radius 2 is 1.14 bits per heavy atom. The molecule has 188 valence electrons. The topological polar surface area (TPSA) is 97.2 Å². The highest BCUT2D eigenvalue weighted by atomic mass is 16.5. The molecular weight excluding hydrogens is 452 g/mol. The summed E-state index contributed by atoms with van der Waals surface area (Å²) < 4.78 is 11.8. The summed E-state index contributed by atoms with van der Waals surface area (Å²) in [6.45, 7) is 5.18. The van der Waals surface area contributed by atoms with Gasteiger partial charge in [-0.3, -0.25) is 0 Å². The Morgan fingerprint density at radius 1 is 0.750 bits per heavy atom. The first-order valence-corrected chi connectivity index (χ1v) is 11.9. The lowest BCUT2D eigenvalue weighted by Crippen LogP contribution is -2.09. The van der Waals surface area contributed by atoms with Crippen LogP contribution in [0.4, 0.5) is 11.4 Å². The Hall–Kier alpha value is -4.30. The first-order chi connectivity index (χ1) is 17.3. The largest absolute Gasteiger partial charge is 0.493 e. The van der Waals surface area contributed by atoms with Crippen molar-refractivity contribution in [1.82, 2.24) is 0 Å². The molecule has 0 saturated carbocycles. The molecule has 0 spiro atoms. The number of hydrogen-bond acceptors (Lipinski definition) is 8. The van der Waals surface area contributed by atoms with Crippen LogP contribution in [0.15, 0.2) is 57.8 Å². The van der Waals surface area contributed by atoms with Crippen molar-refractivity contribution in [2.75, 3.05) is 51.2 Å². The molecule has 2 rings (SSSR count). The van der Waals surface area contributed by atoms with Gasteiger partial charge in [0.05, 0.1) is 13.2 Å². The average molecular weight is 487 g/mol. The van der Waals surface area contributed by atoms with Crippen LogP contribution in [0.5, 0.6) is 11.5 Å². The number of nitrogens with zero attached hydrogens (tertiary/aromatic N) is 6. The average Bonchev–Trinajstić information content (AvgIpc) is 2.88. The highest BCUT2D eigenvalue weighted by molar-refractivity contribution is 5.87. The Bertz CT molecular complexity index is 1110. The van der Waals surface area contributed by atoms with E-state index in [4.69, 9.17) is 9.47 Å². The van der Waals surface area contributed by atoms with E-state index in [0.717, 1.165) is 24.2 Å². The summed E-state index contributed by atoms with van der Waals surface area (Å²) in [5, 5.41) is 19.4. The first-order valence-electron chi connectivity index (χ1n) is 11.9. The minimum absolute atomic E-state index is 0.0900. The van der Waals surface area contributed by atoms with E-state index in [-0.39, 0.29) is 11.4 Å². The smallest absolute Gasteiger partial charge is 0.176 e. The molecule has 0 radical (unpaired) electrons. The van der Waals surface area contributed by atoms with E-state index in [2.05, 4.69) is 9.98 Å². The van der Waals surface area contributed by atoms with Crippen LogP contribution in [0, 0.1) is 22.7 Å². The maximum absolute atomic E-state index is 9.68. The van der Waals surface area contributed by atoms with Crippen molar-refractivity contribution in [3.63, 3.8) is 0 Å². The van der Waals surface area contributed by atoms with Gasteiger partial charge in [-0.05, 0) is 37.1 Å². The van der Waals surface area contributed by atoms with Crippen molar-refractivity contribution in [2.45, 2.75) is 26.7 Å². The highest BCUT2D eigenvalue weighted by Crippen LogP contribution is 2.26. The zero-order valence-corrected chi connectivity index (χ0v) is 21.9. The van der Waals surface area contributed by atoms with Gasteiger partial charge >= 0.3 is 0 Å². The molecule has 8 heteroatoms. The summed E-state index contributed by atoms with van der Waals surface area (Å²) in [4.78, 5) is 12.5. The van der Waals surface area contributed by atoms with Gasteiger partial charge in [0.25, 0.3) is 0 Å². The first kappa shape index (κ1) is 27.9. The summed E-state index contributed by atoms with van der Waals surface area (Å²) >= 11 is 0. The fourth-order valence-corrected chi connectivity index (χ4v) is 3.04. The number of hydrogen-bond donors (Lipinski definition) is 0. The maximum atomic E-state index is 9.68. The molecule has 0 aliphatic carbocycles. The zero-order chi connectivity index (χ0) is 26.5. The molecule has 36 heavy (non-hydrogen) atoms. The molecule has 0 aliphatic rings. The van der Waals surface area contributed by atoms with Crippen LogP contribution in [0.25, 0.3) is 0 Å². The molecule has 2 aromatic rings. The summed E-state index contributed by atoms with van der Waals surface area (Å²) in [7, 11) is 7.81. The highest BCUT2D eigenvalue weighted by Gasteiger charge is 2.09. The lowest BCUT2D eigenvalue weighted by molar-refractivity contribution is 0.317. The molecular formula is C28H34N6O2. The van der Waals surface area contributed by atoms with Gasteiger partial charge in [0.15, 0.2) is 11.4 Å². The van der Waals surface area contributed by atoms with Crippen molar-refractivity contribution in [3.05, 3.63) is 58.9 Å². The standard InChI is InChI=1S/C28H34N6O2/c1-7-13-35-27-15-23(33(3)4)11-9-21(27)19-31-25(17-29)26(18-30)32-20-22-10-12-24(34(5)6)16-28(22)36-14-8-2/h9-12,15-16,19-20H,7-8,13-14H2,1-6H3/b26-25+,31-19?,32-20?. The molecule has 0 N–H and O–H groups in total. The van der Waals surface area contributed by atoms with Crippen LogP contribution in [-0.4, -0.2) is 53.8 Å². The molecule has 0 atom stereocenters. The molecule has 0 fully saturated rings. The minimum Gasteiger partial charge on any atom is -0.493 e. The fourth-order valence-electron chi connectivity index (χ4n) is 3.04. The van der Waals surface area contributed by atoms with Gasteiger partial charge in [-0.25, -0.2) is 9.98 Å². The maximum Gasteiger partial charge on any atom is 0.176 e. The van der Waals surface area contributed by atoms with E-state index >= 15 is 0 Å². The summed E-state index contributed by atoms with van der Waals surface area (Å²) in [5.74, 6) is 1.31. The monoisotopic (exact) mass is 486 g/mol. The van der Waals surface area contributed by atoms with Gasteiger partial charge in [0.1, 0.15) is 23.6 Å². The molecule has 0 aromatic heterocycles. The number of rotatable bonds is 12. The SMILES string of the molecule is CCCOc1cc(N(C)C)ccc1C=N/C(C#N)=C(\C#N)N=Cc1ccc(N(C)C)cc1OCCC. The molecule has 0 aliphatic heterocycles. The van der Waals surface area contributed by atoms with Gasteiger partial charge < -0.3 is 19.3 Å². The summed E-state index contributed by atoms with van der Waals surface area (Å²) in [6, 6.07) is 15.4. The van der Waals surface area contributed by atoms with Crippen LogP contribution < -0.4 is 19.3 Å².